The van der Waals surface area contributed by atoms with Crippen LogP contribution in [0, 0.1) is 5.92 Å². The first kappa shape index (κ1) is 17.4. The van der Waals surface area contributed by atoms with Crippen LogP contribution in [0.15, 0.2) is 43.0 Å². The van der Waals surface area contributed by atoms with Crippen molar-refractivity contribution in [2.75, 3.05) is 11.9 Å². The molecular weight excluding hydrogens is 332 g/mol. The van der Waals surface area contributed by atoms with E-state index in [2.05, 4.69) is 24.1 Å². The van der Waals surface area contributed by atoms with Crippen molar-refractivity contribution < 1.29 is 9.59 Å². The fourth-order valence-electron chi connectivity index (χ4n) is 3.10. The molecule has 2 amide bonds. The van der Waals surface area contributed by atoms with Gasteiger partial charge in [0.2, 0.25) is 0 Å². The monoisotopic (exact) mass is 354 g/mol. The molecule has 0 spiro atoms. The molecule has 2 aromatic rings. The lowest BCUT2D eigenvalue weighted by Gasteiger charge is -2.18. The minimum atomic E-state index is -0.190. The van der Waals surface area contributed by atoms with Gasteiger partial charge in [0.15, 0.2) is 0 Å². The number of carbonyl (C=O) groups is 2. The Morgan fingerprint density at radius 3 is 2.76 bits per heavy atom. The summed E-state index contributed by atoms with van der Waals surface area (Å²) in [6.45, 7) is 6.27. The summed E-state index contributed by atoms with van der Waals surface area (Å²) in [5, 5.41) is 6.44. The fraction of sp³-hybridized carbons (Fsp3) is 0.300. The predicted molar refractivity (Wildman–Crippen MR) is 102 cm³/mol. The normalized spacial score (nSPS) is 16.0. The number of hydrogen-bond acceptors (Lipinski definition) is 3. The van der Waals surface area contributed by atoms with Gasteiger partial charge in [-0.2, -0.15) is 0 Å². The van der Waals surface area contributed by atoms with E-state index in [0.29, 0.717) is 28.6 Å². The number of fused-ring (bicyclic) bond motifs is 1. The van der Waals surface area contributed by atoms with Crippen molar-refractivity contribution in [2.45, 2.75) is 26.2 Å². The van der Waals surface area contributed by atoms with Gasteiger partial charge in [-0.05, 0) is 42.9 Å². The summed E-state index contributed by atoms with van der Waals surface area (Å²) in [7, 11) is 0. The molecular formula is C20H22N2O2S. The molecule has 2 N–H and O–H groups in total. The van der Waals surface area contributed by atoms with Crippen molar-refractivity contribution in [3.63, 3.8) is 0 Å². The Hall–Kier alpha value is -2.40. The average molecular weight is 354 g/mol. The SMILES string of the molecule is C=CCNC(=O)c1c(NC(=O)c2ccccc2)sc2c1CC[C@@H](C)C2. The molecule has 0 saturated carbocycles. The van der Waals surface area contributed by atoms with Crippen LogP contribution in [-0.4, -0.2) is 18.4 Å². The lowest BCUT2D eigenvalue weighted by molar-refractivity contribution is 0.0958. The zero-order valence-corrected chi connectivity index (χ0v) is 15.1. The highest BCUT2D eigenvalue weighted by atomic mass is 32.1. The van der Waals surface area contributed by atoms with Crippen LogP contribution in [0.5, 0.6) is 0 Å². The summed E-state index contributed by atoms with van der Waals surface area (Å²) < 4.78 is 0. The van der Waals surface area contributed by atoms with Gasteiger partial charge in [-0.15, -0.1) is 17.9 Å². The van der Waals surface area contributed by atoms with Crippen LogP contribution in [0.4, 0.5) is 5.00 Å². The molecule has 25 heavy (non-hydrogen) atoms. The minimum absolute atomic E-state index is 0.143. The smallest absolute Gasteiger partial charge is 0.256 e. The number of thiophene rings is 1. The highest BCUT2D eigenvalue weighted by Crippen LogP contribution is 2.39. The van der Waals surface area contributed by atoms with Gasteiger partial charge in [0.05, 0.1) is 5.56 Å². The second kappa shape index (κ2) is 7.66. The highest BCUT2D eigenvalue weighted by molar-refractivity contribution is 7.17. The lowest BCUT2D eigenvalue weighted by Crippen LogP contribution is -2.26. The Morgan fingerprint density at radius 1 is 1.28 bits per heavy atom. The second-order valence-corrected chi connectivity index (χ2v) is 7.48. The highest BCUT2D eigenvalue weighted by Gasteiger charge is 2.28. The van der Waals surface area contributed by atoms with Crippen molar-refractivity contribution in [1.29, 1.82) is 0 Å². The minimum Gasteiger partial charge on any atom is -0.348 e. The molecule has 0 fully saturated rings. The number of anilines is 1. The molecule has 130 valence electrons. The maximum Gasteiger partial charge on any atom is 0.256 e. The zero-order chi connectivity index (χ0) is 17.8. The fourth-order valence-corrected chi connectivity index (χ4v) is 4.50. The third-order valence-corrected chi connectivity index (χ3v) is 5.58. The summed E-state index contributed by atoms with van der Waals surface area (Å²) >= 11 is 1.53. The molecule has 1 aromatic carbocycles. The molecule has 1 aliphatic carbocycles. The van der Waals surface area contributed by atoms with E-state index in [0.717, 1.165) is 24.8 Å². The molecule has 1 aromatic heterocycles. The van der Waals surface area contributed by atoms with Crippen molar-refractivity contribution in [3.05, 3.63) is 64.6 Å². The lowest BCUT2D eigenvalue weighted by atomic mass is 9.88. The molecule has 1 heterocycles. The predicted octanol–water partition coefficient (Wildman–Crippen LogP) is 4.04. The molecule has 3 rings (SSSR count). The number of nitrogens with one attached hydrogen (secondary N) is 2. The summed E-state index contributed by atoms with van der Waals surface area (Å²) in [5.74, 6) is 0.272. The van der Waals surface area contributed by atoms with E-state index in [-0.39, 0.29) is 11.8 Å². The molecule has 5 heteroatoms. The Kier molecular flexibility index (Phi) is 5.34. The van der Waals surface area contributed by atoms with Crippen molar-refractivity contribution in [1.82, 2.24) is 5.32 Å². The van der Waals surface area contributed by atoms with Crippen molar-refractivity contribution in [2.24, 2.45) is 5.92 Å². The second-order valence-electron chi connectivity index (χ2n) is 6.37. The largest absolute Gasteiger partial charge is 0.348 e. The first-order chi connectivity index (χ1) is 12.1. The topological polar surface area (TPSA) is 58.2 Å². The molecule has 0 radical (unpaired) electrons. The average Bonchev–Trinajstić information content (AvgIpc) is 2.97. The van der Waals surface area contributed by atoms with Gasteiger partial charge < -0.3 is 10.6 Å². The number of amides is 2. The van der Waals surface area contributed by atoms with E-state index in [1.165, 1.54) is 16.2 Å². The first-order valence-electron chi connectivity index (χ1n) is 8.50. The van der Waals surface area contributed by atoms with Crippen molar-refractivity contribution in [3.8, 4) is 0 Å². The molecule has 0 unspecified atom stereocenters. The van der Waals surface area contributed by atoms with Gasteiger partial charge in [0.25, 0.3) is 11.8 Å². The molecule has 0 saturated heterocycles. The van der Waals surface area contributed by atoms with E-state index < -0.39 is 0 Å². The van der Waals surface area contributed by atoms with E-state index in [1.54, 1.807) is 18.2 Å². The van der Waals surface area contributed by atoms with Crippen LogP contribution >= 0.6 is 11.3 Å². The maximum atomic E-state index is 12.7. The third-order valence-electron chi connectivity index (χ3n) is 4.41. The van der Waals surface area contributed by atoms with Crippen LogP contribution in [0.2, 0.25) is 0 Å². The van der Waals surface area contributed by atoms with E-state index in [9.17, 15) is 9.59 Å². The zero-order valence-electron chi connectivity index (χ0n) is 14.3. The number of hydrogen-bond donors (Lipinski definition) is 2. The van der Waals surface area contributed by atoms with Crippen LogP contribution in [0.1, 0.15) is 44.5 Å². The number of benzene rings is 1. The molecule has 1 atom stereocenters. The summed E-state index contributed by atoms with van der Waals surface area (Å²) in [6.07, 6.45) is 4.56. The summed E-state index contributed by atoms with van der Waals surface area (Å²) in [6, 6.07) is 9.06. The van der Waals surface area contributed by atoms with Gasteiger partial charge in [0, 0.05) is 17.0 Å². The molecule has 0 aliphatic heterocycles. The van der Waals surface area contributed by atoms with Gasteiger partial charge in [-0.25, -0.2) is 0 Å². The third kappa shape index (κ3) is 3.82. The maximum absolute atomic E-state index is 12.7. The quantitative estimate of drug-likeness (QED) is 0.796. The van der Waals surface area contributed by atoms with Gasteiger partial charge in [-0.1, -0.05) is 31.2 Å². The van der Waals surface area contributed by atoms with Crippen LogP contribution in [0.25, 0.3) is 0 Å². The standard InChI is InChI=1S/C20H22N2O2S/c1-3-11-21-19(24)17-15-10-9-13(2)12-16(15)25-20(17)22-18(23)14-7-5-4-6-8-14/h3-8,13H,1,9-12H2,2H3,(H,21,24)(H,22,23)/t13-/m1/s1. The van der Waals surface area contributed by atoms with Crippen molar-refractivity contribution >= 4 is 28.2 Å². The summed E-state index contributed by atoms with van der Waals surface area (Å²) in [4.78, 5) is 26.4. The number of carbonyl (C=O) groups excluding carboxylic acids is 2. The van der Waals surface area contributed by atoms with Gasteiger partial charge in [-0.3, -0.25) is 9.59 Å². The van der Waals surface area contributed by atoms with Gasteiger partial charge in [0.1, 0.15) is 5.00 Å². The molecule has 0 bridgehead atoms. The van der Waals surface area contributed by atoms with E-state index >= 15 is 0 Å². The van der Waals surface area contributed by atoms with E-state index in [1.807, 2.05) is 18.2 Å². The molecule has 4 nitrogen and oxygen atoms in total. The van der Waals surface area contributed by atoms with Crippen LogP contribution in [0.3, 0.4) is 0 Å². The summed E-state index contributed by atoms with van der Waals surface area (Å²) in [5.41, 5.74) is 2.30. The first-order valence-corrected chi connectivity index (χ1v) is 9.31. The van der Waals surface area contributed by atoms with Crippen LogP contribution in [-0.2, 0) is 12.8 Å². The Bertz CT molecular complexity index is 796. The Balaban J connectivity index is 1.93. The number of rotatable bonds is 5. The van der Waals surface area contributed by atoms with Gasteiger partial charge >= 0.3 is 0 Å². The molecule has 1 aliphatic rings. The Labute approximate surface area is 152 Å². The van der Waals surface area contributed by atoms with Crippen LogP contribution < -0.4 is 10.6 Å². The Morgan fingerprint density at radius 2 is 2.04 bits per heavy atom. The van der Waals surface area contributed by atoms with E-state index in [4.69, 9.17) is 0 Å².